The Kier molecular flexibility index (Phi) is 9.99. The second-order valence-electron chi connectivity index (χ2n) is 13.0. The number of nitrogens with zero attached hydrogens (tertiary/aromatic N) is 3. The molecule has 0 radical (unpaired) electrons. The van der Waals surface area contributed by atoms with Crippen molar-refractivity contribution in [3.05, 3.63) is 34.9 Å². The van der Waals surface area contributed by atoms with Gasteiger partial charge >= 0.3 is 0 Å². The average Bonchev–Trinajstić information content (AvgIpc) is 2.79. The van der Waals surface area contributed by atoms with Gasteiger partial charge in [0.15, 0.2) is 0 Å². The number of benzene rings is 1. The molecule has 1 amide bonds. The maximum absolute atomic E-state index is 12.7. The van der Waals surface area contributed by atoms with Crippen LogP contribution in [0.4, 0.5) is 0 Å². The lowest BCUT2D eigenvalue weighted by molar-refractivity contribution is -0.230. The van der Waals surface area contributed by atoms with Crippen LogP contribution >= 0.6 is 11.6 Å². The first-order chi connectivity index (χ1) is 17.7. The molecule has 0 unspecified atom stereocenters. The Morgan fingerprint density at radius 1 is 0.811 bits per heavy atom. The quantitative estimate of drug-likeness (QED) is 0.437. The predicted molar refractivity (Wildman–Crippen MR) is 154 cm³/mol. The Hall–Kier alpha value is -1.14. The number of hydrazine groups is 2. The minimum Gasteiger partial charge on any atom is -0.271 e. The van der Waals surface area contributed by atoms with Crippen LogP contribution in [0.2, 0.25) is 5.02 Å². The average molecular weight is 531 g/mol. The van der Waals surface area contributed by atoms with E-state index in [-0.39, 0.29) is 5.91 Å². The van der Waals surface area contributed by atoms with E-state index in [0.29, 0.717) is 18.1 Å². The van der Waals surface area contributed by atoms with Gasteiger partial charge in [0.05, 0.1) is 0 Å². The fourth-order valence-corrected chi connectivity index (χ4v) is 6.79. The molecule has 0 atom stereocenters. The second kappa shape index (κ2) is 12.8. The van der Waals surface area contributed by atoms with E-state index in [0.717, 1.165) is 29.5 Å². The first-order valence-electron chi connectivity index (χ1n) is 15.1. The van der Waals surface area contributed by atoms with Crippen molar-refractivity contribution in [1.82, 2.24) is 20.5 Å². The molecule has 4 aliphatic rings. The molecular weight excluding hydrogens is 480 g/mol. The highest BCUT2D eigenvalue weighted by Gasteiger charge is 2.54. The molecule has 4 fully saturated rings. The maximum Gasteiger partial charge on any atom is 0.258 e. The molecule has 2 saturated carbocycles. The summed E-state index contributed by atoms with van der Waals surface area (Å²) in [4.78, 5) is 12.7. The largest absolute Gasteiger partial charge is 0.271 e. The van der Waals surface area contributed by atoms with Gasteiger partial charge in [0, 0.05) is 35.7 Å². The Balaban J connectivity index is 0.000000195. The summed E-state index contributed by atoms with van der Waals surface area (Å²) in [6, 6.07) is 9.12. The van der Waals surface area contributed by atoms with E-state index < -0.39 is 5.54 Å². The number of carbonyl (C=O) groups is 1. The van der Waals surface area contributed by atoms with E-state index in [1.165, 1.54) is 83.6 Å². The smallest absolute Gasteiger partial charge is 0.258 e. The van der Waals surface area contributed by atoms with Gasteiger partial charge in [-0.3, -0.25) is 9.80 Å². The molecule has 37 heavy (non-hydrogen) atoms. The lowest BCUT2D eigenvalue weighted by Gasteiger charge is -2.58. The summed E-state index contributed by atoms with van der Waals surface area (Å²) in [5.74, 6) is 0.259. The number of amides is 1. The van der Waals surface area contributed by atoms with Crippen LogP contribution in [0.15, 0.2) is 24.3 Å². The molecule has 2 saturated heterocycles. The van der Waals surface area contributed by atoms with Crippen LogP contribution in [0.25, 0.3) is 0 Å². The normalized spacial score (nSPS) is 26.0. The summed E-state index contributed by atoms with van der Waals surface area (Å²) in [7, 11) is 0. The van der Waals surface area contributed by atoms with Crippen molar-refractivity contribution in [3.63, 3.8) is 0 Å². The molecule has 5 rings (SSSR count). The summed E-state index contributed by atoms with van der Waals surface area (Å²) in [5, 5.41) is 7.52. The highest BCUT2D eigenvalue weighted by molar-refractivity contribution is 6.31. The number of carbonyl (C=O) groups excluding carboxylic acids is 1. The van der Waals surface area contributed by atoms with Crippen LogP contribution in [0.5, 0.6) is 0 Å². The van der Waals surface area contributed by atoms with Crippen molar-refractivity contribution in [2.45, 2.75) is 147 Å². The molecule has 5 nitrogen and oxygen atoms in total. The Labute approximate surface area is 231 Å². The molecule has 1 aromatic carbocycles. The topological polar surface area (TPSA) is 38.8 Å². The molecule has 2 aliphatic carbocycles. The monoisotopic (exact) mass is 530 g/mol. The van der Waals surface area contributed by atoms with Gasteiger partial charge in [0.25, 0.3) is 5.91 Å². The Bertz CT molecular complexity index is 864. The van der Waals surface area contributed by atoms with E-state index in [1.54, 1.807) is 0 Å². The summed E-state index contributed by atoms with van der Waals surface area (Å²) in [6.45, 7) is 10.5. The zero-order valence-corrected chi connectivity index (χ0v) is 24.7. The maximum atomic E-state index is 12.7. The summed E-state index contributed by atoms with van der Waals surface area (Å²) in [5.41, 5.74) is 4.59. The molecule has 0 aromatic heterocycles. The number of hydrogen-bond donors (Lipinski definition) is 1. The molecule has 0 spiro atoms. The number of hydrogen-bond acceptors (Lipinski definition) is 4. The SMILES string of the molecule is CC1(C)C(=O)N(C2CCCCCCC2)N1Cc1ccccc1Cl.CC1(C)CN(C2CCCCCCC2)N1. The summed E-state index contributed by atoms with van der Waals surface area (Å²) < 4.78 is 0. The van der Waals surface area contributed by atoms with E-state index in [4.69, 9.17) is 11.6 Å². The van der Waals surface area contributed by atoms with Gasteiger partial charge < -0.3 is 0 Å². The third-order valence-electron chi connectivity index (χ3n) is 8.86. The first kappa shape index (κ1) is 28.9. The molecule has 2 aliphatic heterocycles. The number of halogens is 1. The van der Waals surface area contributed by atoms with E-state index in [9.17, 15) is 4.79 Å². The van der Waals surface area contributed by atoms with Crippen molar-refractivity contribution < 1.29 is 4.79 Å². The van der Waals surface area contributed by atoms with E-state index in [2.05, 4.69) is 35.4 Å². The standard InChI is InChI=1S/C19H27ClN2O.C12H24N2/c1-19(2)18(23)22(16-11-6-4-3-5-7-12-16)21(19)14-15-10-8-9-13-17(15)20;1-12(2)10-14(13-12)11-8-6-4-3-5-7-9-11/h8-10,13,16H,3-7,11-12,14H2,1-2H3;11,13H,3-10H2,1-2H3. The first-order valence-corrected chi connectivity index (χ1v) is 15.5. The molecule has 6 heteroatoms. The van der Waals surface area contributed by atoms with Crippen molar-refractivity contribution in [2.75, 3.05) is 6.54 Å². The van der Waals surface area contributed by atoms with Gasteiger partial charge in [-0.05, 0) is 65.0 Å². The fourth-order valence-electron chi connectivity index (χ4n) is 6.59. The Morgan fingerprint density at radius 2 is 1.30 bits per heavy atom. The van der Waals surface area contributed by atoms with Gasteiger partial charge in [-0.1, -0.05) is 94.0 Å². The minimum absolute atomic E-state index is 0.259. The Morgan fingerprint density at radius 3 is 1.81 bits per heavy atom. The van der Waals surface area contributed by atoms with Gasteiger partial charge in [0.2, 0.25) is 0 Å². The number of nitrogens with one attached hydrogen (secondary N) is 1. The van der Waals surface area contributed by atoms with Crippen LogP contribution in [0.3, 0.4) is 0 Å². The lowest BCUT2D eigenvalue weighted by Crippen LogP contribution is -2.76. The van der Waals surface area contributed by atoms with Crippen molar-refractivity contribution in [3.8, 4) is 0 Å². The van der Waals surface area contributed by atoms with Crippen molar-refractivity contribution >= 4 is 17.5 Å². The van der Waals surface area contributed by atoms with Gasteiger partial charge in [-0.2, -0.15) is 5.01 Å². The number of rotatable bonds is 4. The third-order valence-corrected chi connectivity index (χ3v) is 9.23. The highest BCUT2D eigenvalue weighted by Crippen LogP contribution is 2.38. The van der Waals surface area contributed by atoms with Gasteiger partial charge in [-0.15, -0.1) is 0 Å². The van der Waals surface area contributed by atoms with Crippen LogP contribution in [0, 0.1) is 0 Å². The molecule has 0 bridgehead atoms. The predicted octanol–water partition coefficient (Wildman–Crippen LogP) is 7.49. The molecule has 2 heterocycles. The zero-order chi connectivity index (χ0) is 26.5. The molecule has 208 valence electrons. The third kappa shape index (κ3) is 7.29. The van der Waals surface area contributed by atoms with Gasteiger partial charge in [-0.25, -0.2) is 10.4 Å². The van der Waals surface area contributed by atoms with Crippen LogP contribution < -0.4 is 5.43 Å². The van der Waals surface area contributed by atoms with Crippen molar-refractivity contribution in [2.24, 2.45) is 0 Å². The summed E-state index contributed by atoms with van der Waals surface area (Å²) in [6.07, 6.45) is 18.7. The minimum atomic E-state index is -0.429. The zero-order valence-electron chi connectivity index (χ0n) is 23.9. The van der Waals surface area contributed by atoms with Crippen LogP contribution in [0.1, 0.15) is 123 Å². The lowest BCUT2D eigenvalue weighted by atomic mass is 9.90. The van der Waals surface area contributed by atoms with Crippen LogP contribution in [-0.4, -0.2) is 50.6 Å². The summed E-state index contributed by atoms with van der Waals surface area (Å²) >= 11 is 6.33. The fraction of sp³-hybridized carbons (Fsp3) is 0.774. The van der Waals surface area contributed by atoms with Crippen molar-refractivity contribution in [1.29, 1.82) is 0 Å². The highest BCUT2D eigenvalue weighted by atomic mass is 35.5. The second-order valence-corrected chi connectivity index (χ2v) is 13.4. The van der Waals surface area contributed by atoms with Gasteiger partial charge in [0.1, 0.15) is 5.54 Å². The van der Waals surface area contributed by atoms with Crippen LogP contribution in [-0.2, 0) is 11.3 Å². The molecule has 1 N–H and O–H groups in total. The molecular formula is C31H51ClN4O. The van der Waals surface area contributed by atoms with E-state index in [1.807, 2.05) is 37.1 Å². The van der Waals surface area contributed by atoms with E-state index >= 15 is 0 Å². The molecule has 1 aromatic rings.